The van der Waals surface area contributed by atoms with Gasteiger partial charge in [0.1, 0.15) is 6.33 Å². The van der Waals surface area contributed by atoms with Gasteiger partial charge in [-0.1, -0.05) is 36.4 Å². The molecule has 5 nitrogen and oxygen atoms in total. The first kappa shape index (κ1) is 24.5. The van der Waals surface area contributed by atoms with E-state index < -0.39 is 11.7 Å². The Morgan fingerprint density at radius 1 is 0.973 bits per heavy atom. The molecule has 1 aromatic heterocycles. The molecule has 0 aliphatic heterocycles. The molecular weight excluding hydrogens is 495 g/mol. The molecule has 4 aromatic carbocycles. The Kier molecular flexibility index (Phi) is 6.39. The largest absolute Gasteiger partial charge is 0.416 e. The average Bonchev–Trinajstić information content (AvgIpc) is 3.30. The van der Waals surface area contributed by atoms with E-state index in [0.717, 1.165) is 56.3 Å². The van der Waals surface area contributed by atoms with Gasteiger partial charge in [0.25, 0.3) is 0 Å². The molecule has 1 heterocycles. The molecule has 9 heteroatoms. The molecule has 0 spiro atoms. The number of halogens is 3. The summed E-state index contributed by atoms with van der Waals surface area (Å²) in [5.74, 6) is 0. The predicted octanol–water partition coefficient (Wildman–Crippen LogP) is 7.13. The number of para-hydroxylation sites is 1. The van der Waals surface area contributed by atoms with Gasteiger partial charge in [-0.3, -0.25) is 9.99 Å². The van der Waals surface area contributed by atoms with E-state index in [1.807, 2.05) is 62.4 Å². The Balaban J connectivity index is 1.34. The first-order valence-electron chi connectivity index (χ1n) is 11.4. The highest BCUT2D eigenvalue weighted by Gasteiger charge is 2.30. The van der Waals surface area contributed by atoms with Gasteiger partial charge >= 0.3 is 6.18 Å². The summed E-state index contributed by atoms with van der Waals surface area (Å²) in [7, 11) is 0. The molecular formula is C28H22F3N5S. The molecule has 0 fully saturated rings. The van der Waals surface area contributed by atoms with E-state index >= 15 is 0 Å². The van der Waals surface area contributed by atoms with E-state index in [1.165, 1.54) is 12.1 Å². The van der Waals surface area contributed by atoms with Crippen LogP contribution in [-0.4, -0.2) is 20.9 Å². The second-order valence-corrected chi connectivity index (χ2v) is 9.07. The number of nitrogens with zero attached hydrogens (tertiary/aromatic N) is 3. The van der Waals surface area contributed by atoms with Crippen LogP contribution in [0.1, 0.15) is 22.3 Å². The van der Waals surface area contributed by atoms with Gasteiger partial charge in [-0.15, -0.1) is 0 Å². The normalized spacial score (nSPS) is 11.9. The van der Waals surface area contributed by atoms with Crippen LogP contribution >= 0.6 is 12.2 Å². The average molecular weight is 518 g/mol. The summed E-state index contributed by atoms with van der Waals surface area (Å²) in [5.41, 5.74) is 8.35. The van der Waals surface area contributed by atoms with Crippen LogP contribution in [-0.2, 0) is 6.18 Å². The van der Waals surface area contributed by atoms with Crippen LogP contribution in [0.25, 0.3) is 27.5 Å². The minimum atomic E-state index is -4.37. The zero-order chi connectivity index (χ0) is 26.2. The van der Waals surface area contributed by atoms with Crippen LogP contribution in [0.2, 0.25) is 0 Å². The van der Waals surface area contributed by atoms with E-state index in [-0.39, 0.29) is 0 Å². The fourth-order valence-corrected chi connectivity index (χ4v) is 4.40. The fourth-order valence-electron chi connectivity index (χ4n) is 4.24. The highest BCUT2D eigenvalue weighted by atomic mass is 32.1. The molecule has 186 valence electrons. The summed E-state index contributed by atoms with van der Waals surface area (Å²) < 4.78 is 40.5. The fraction of sp³-hybridized carbons (Fsp3) is 0.107. The molecule has 0 amide bonds. The molecule has 5 aromatic rings. The lowest BCUT2D eigenvalue weighted by molar-refractivity contribution is -0.137. The van der Waals surface area contributed by atoms with Crippen LogP contribution in [0.5, 0.6) is 0 Å². The third-order valence-electron chi connectivity index (χ3n) is 6.13. The van der Waals surface area contributed by atoms with Gasteiger partial charge in [-0.25, -0.2) is 4.98 Å². The molecule has 0 unspecified atom stereocenters. The summed E-state index contributed by atoms with van der Waals surface area (Å²) >= 11 is 5.37. The third-order valence-corrected chi connectivity index (χ3v) is 6.32. The van der Waals surface area contributed by atoms with Crippen molar-refractivity contribution in [1.82, 2.24) is 15.0 Å². The first-order chi connectivity index (χ1) is 17.7. The lowest BCUT2D eigenvalue weighted by atomic mass is 10.1. The maximum Gasteiger partial charge on any atom is 0.416 e. The van der Waals surface area contributed by atoms with Gasteiger partial charge in [-0.2, -0.15) is 18.3 Å². The van der Waals surface area contributed by atoms with Crippen molar-refractivity contribution in [2.45, 2.75) is 20.0 Å². The van der Waals surface area contributed by atoms with E-state index in [0.29, 0.717) is 10.8 Å². The summed E-state index contributed by atoms with van der Waals surface area (Å²) in [6.45, 7) is 4.03. The highest BCUT2D eigenvalue weighted by Crippen LogP contribution is 2.31. The number of imidazole rings is 1. The summed E-state index contributed by atoms with van der Waals surface area (Å²) in [6, 6.07) is 20.8. The van der Waals surface area contributed by atoms with Crippen molar-refractivity contribution in [2.75, 3.05) is 5.32 Å². The van der Waals surface area contributed by atoms with Crippen LogP contribution < -0.4 is 10.7 Å². The number of nitrogens with one attached hydrogen (secondary N) is 2. The minimum Gasteiger partial charge on any atom is -0.331 e. The second-order valence-electron chi connectivity index (χ2n) is 8.66. The highest BCUT2D eigenvalue weighted by molar-refractivity contribution is 7.80. The lowest BCUT2D eigenvalue weighted by Crippen LogP contribution is -2.24. The van der Waals surface area contributed by atoms with Crippen molar-refractivity contribution in [1.29, 1.82) is 0 Å². The maximum absolute atomic E-state index is 12.9. The number of fused-ring (bicyclic) bond motifs is 3. The van der Waals surface area contributed by atoms with E-state index in [4.69, 9.17) is 12.2 Å². The zero-order valence-corrected chi connectivity index (χ0v) is 20.8. The Morgan fingerprint density at radius 2 is 1.70 bits per heavy atom. The van der Waals surface area contributed by atoms with Crippen molar-refractivity contribution in [3.63, 3.8) is 0 Å². The minimum absolute atomic E-state index is 0.393. The molecule has 0 radical (unpaired) electrons. The predicted molar refractivity (Wildman–Crippen MR) is 146 cm³/mol. The smallest absolute Gasteiger partial charge is 0.331 e. The van der Waals surface area contributed by atoms with Crippen LogP contribution in [0, 0.1) is 13.8 Å². The molecule has 0 bridgehead atoms. The number of thiocarbonyl (C=S) groups is 1. The van der Waals surface area contributed by atoms with Gasteiger partial charge in [0.05, 0.1) is 22.8 Å². The van der Waals surface area contributed by atoms with E-state index in [9.17, 15) is 13.2 Å². The van der Waals surface area contributed by atoms with Crippen molar-refractivity contribution in [3.8, 4) is 5.69 Å². The zero-order valence-electron chi connectivity index (χ0n) is 20.0. The summed E-state index contributed by atoms with van der Waals surface area (Å²) in [5, 5.41) is 9.72. The summed E-state index contributed by atoms with van der Waals surface area (Å²) in [4.78, 5) is 4.53. The number of rotatable bonds is 4. The Hall–Kier alpha value is -4.24. The Bertz CT molecular complexity index is 1630. The quantitative estimate of drug-likeness (QED) is 0.151. The molecule has 2 N–H and O–H groups in total. The number of aromatic nitrogens is 2. The van der Waals surface area contributed by atoms with Crippen molar-refractivity contribution in [3.05, 3.63) is 101 Å². The molecule has 0 aliphatic carbocycles. The number of hydrogen-bond acceptors (Lipinski definition) is 3. The van der Waals surface area contributed by atoms with Crippen LogP contribution in [0.4, 0.5) is 18.9 Å². The lowest BCUT2D eigenvalue weighted by Gasteiger charge is -2.12. The van der Waals surface area contributed by atoms with Crippen LogP contribution in [0.3, 0.4) is 0 Å². The topological polar surface area (TPSA) is 54.2 Å². The van der Waals surface area contributed by atoms with Crippen molar-refractivity contribution in [2.24, 2.45) is 5.10 Å². The van der Waals surface area contributed by atoms with Gasteiger partial charge in [0.2, 0.25) is 0 Å². The number of aryl methyl sites for hydroxylation is 2. The van der Waals surface area contributed by atoms with Crippen LogP contribution in [0.15, 0.2) is 84.2 Å². The monoisotopic (exact) mass is 517 g/mol. The standard InChI is InChI=1S/C28H22F3N5S/c1-17-4-3-5-18(2)25(17)34-27(37)35-33-15-19-6-12-23-20(14-19)7-13-24-26(23)32-16-36(24)22-10-8-21(9-11-22)28(29,30)31/h3-16H,1-2H3,(H2,34,35,37)/b33-15-. The number of anilines is 1. The molecule has 5 rings (SSSR count). The van der Waals surface area contributed by atoms with Crippen molar-refractivity contribution >= 4 is 51.0 Å². The molecule has 0 saturated heterocycles. The molecule has 0 atom stereocenters. The van der Waals surface area contributed by atoms with E-state index in [1.54, 1.807) is 17.1 Å². The number of hydrogen-bond donors (Lipinski definition) is 2. The Labute approximate surface area is 216 Å². The number of alkyl halides is 3. The SMILES string of the molecule is Cc1cccc(C)c1NC(=S)N/N=C\c1ccc2c(ccc3c2ncn3-c2ccc(C(F)(F)F)cc2)c1. The van der Waals surface area contributed by atoms with Gasteiger partial charge in [0, 0.05) is 16.8 Å². The second kappa shape index (κ2) is 9.67. The molecule has 0 aliphatic rings. The maximum atomic E-state index is 12.9. The van der Waals surface area contributed by atoms with Crippen molar-refractivity contribution < 1.29 is 13.2 Å². The Morgan fingerprint density at radius 3 is 2.41 bits per heavy atom. The van der Waals surface area contributed by atoms with Gasteiger partial charge < -0.3 is 5.32 Å². The number of hydrazone groups is 1. The van der Waals surface area contributed by atoms with Gasteiger partial charge in [-0.05, 0) is 84.5 Å². The third kappa shape index (κ3) is 5.03. The first-order valence-corrected chi connectivity index (χ1v) is 11.9. The van der Waals surface area contributed by atoms with Gasteiger partial charge in [0.15, 0.2) is 5.11 Å². The number of benzene rings is 4. The summed E-state index contributed by atoms with van der Waals surface area (Å²) in [6.07, 6.45) is -1.07. The molecule has 37 heavy (non-hydrogen) atoms. The molecule has 0 saturated carbocycles. The van der Waals surface area contributed by atoms with E-state index in [2.05, 4.69) is 20.8 Å².